The van der Waals surface area contributed by atoms with Gasteiger partial charge >= 0.3 is 11.6 Å². The maximum absolute atomic E-state index is 12.4. The summed E-state index contributed by atoms with van der Waals surface area (Å²) in [6, 6.07) is 19.3. The first kappa shape index (κ1) is 17.8. The molecule has 2 aromatic carbocycles. The monoisotopic (exact) mass is 368 g/mol. The minimum Gasteiger partial charge on any atom is -0.506 e. The van der Waals surface area contributed by atoms with Crippen LogP contribution in [0, 0.1) is 0 Å². The summed E-state index contributed by atoms with van der Waals surface area (Å²) in [5.74, 6) is -0.506. The largest absolute Gasteiger partial charge is 0.506 e. The number of hydrogen-bond donors (Lipinski definition) is 1. The summed E-state index contributed by atoms with van der Waals surface area (Å²) in [4.78, 5) is 24.5. The van der Waals surface area contributed by atoms with Crippen molar-refractivity contribution in [1.29, 1.82) is 0 Å². The van der Waals surface area contributed by atoms with Crippen molar-refractivity contribution in [3.63, 3.8) is 0 Å². The average molecular weight is 368 g/mol. The molecule has 1 heterocycles. The second-order valence-electron chi connectivity index (χ2n) is 5.41. The van der Waals surface area contributed by atoms with Crippen molar-refractivity contribution >= 4 is 17.7 Å². The van der Waals surface area contributed by atoms with Crippen molar-refractivity contribution in [2.45, 2.75) is 10.1 Å². The topological polar surface area (TPSA) is 76.7 Å². The summed E-state index contributed by atoms with van der Waals surface area (Å²) in [5, 5.41) is 9.56. The molecule has 3 aromatic rings. The molecule has 1 N–H and O–H groups in total. The number of esters is 1. The summed E-state index contributed by atoms with van der Waals surface area (Å²) >= 11 is 0.901. The molecule has 0 aliphatic rings. The van der Waals surface area contributed by atoms with E-state index in [1.54, 1.807) is 48.5 Å². The lowest BCUT2D eigenvalue weighted by Crippen LogP contribution is -2.13. The van der Waals surface area contributed by atoms with Gasteiger partial charge in [-0.3, -0.25) is 4.79 Å². The molecule has 0 fully saturated rings. The Morgan fingerprint density at radius 3 is 2.27 bits per heavy atom. The zero-order valence-corrected chi connectivity index (χ0v) is 14.7. The van der Waals surface area contributed by atoms with Crippen molar-refractivity contribution in [3.8, 4) is 17.1 Å². The molecule has 6 heteroatoms. The number of methoxy groups -OCH3 is 1. The fourth-order valence-electron chi connectivity index (χ4n) is 2.43. The van der Waals surface area contributed by atoms with E-state index in [0.717, 1.165) is 11.8 Å². The Hall–Kier alpha value is -2.99. The van der Waals surface area contributed by atoms with E-state index in [4.69, 9.17) is 9.15 Å². The molecule has 0 saturated heterocycles. The zero-order valence-electron chi connectivity index (χ0n) is 13.9. The van der Waals surface area contributed by atoms with Gasteiger partial charge in [-0.05, 0) is 5.56 Å². The van der Waals surface area contributed by atoms with E-state index in [-0.39, 0.29) is 16.4 Å². The van der Waals surface area contributed by atoms with E-state index in [2.05, 4.69) is 0 Å². The molecule has 0 radical (unpaired) electrons. The van der Waals surface area contributed by atoms with Gasteiger partial charge in [-0.15, -0.1) is 0 Å². The van der Waals surface area contributed by atoms with Crippen LogP contribution in [0.4, 0.5) is 0 Å². The molecule has 5 nitrogen and oxygen atoms in total. The average Bonchev–Trinajstić information content (AvgIpc) is 2.68. The SMILES string of the molecule is COC(=O)C(Sc1c(O)cc(-c2ccccc2)oc1=O)c1ccccc1. The number of carbonyl (C=O) groups excluding carboxylic acids is 1. The maximum Gasteiger partial charge on any atom is 0.353 e. The number of ether oxygens (including phenoxy) is 1. The third kappa shape index (κ3) is 3.81. The predicted octanol–water partition coefficient (Wildman–Crippen LogP) is 4.02. The Morgan fingerprint density at radius 1 is 1.08 bits per heavy atom. The van der Waals surface area contributed by atoms with Gasteiger partial charge in [0.1, 0.15) is 21.7 Å². The Kier molecular flexibility index (Phi) is 5.43. The van der Waals surface area contributed by atoms with Crippen LogP contribution in [-0.4, -0.2) is 18.2 Å². The van der Waals surface area contributed by atoms with E-state index >= 15 is 0 Å². The first-order valence-electron chi connectivity index (χ1n) is 7.82. The zero-order chi connectivity index (χ0) is 18.5. The predicted molar refractivity (Wildman–Crippen MR) is 99.1 cm³/mol. The molecule has 1 atom stereocenters. The Bertz CT molecular complexity index is 951. The van der Waals surface area contributed by atoms with Crippen molar-refractivity contribution in [2.75, 3.05) is 7.11 Å². The van der Waals surface area contributed by atoms with Crippen molar-refractivity contribution < 1.29 is 19.1 Å². The summed E-state index contributed by atoms with van der Waals surface area (Å²) < 4.78 is 10.2. The van der Waals surface area contributed by atoms with Crippen LogP contribution in [0.3, 0.4) is 0 Å². The van der Waals surface area contributed by atoms with Gasteiger partial charge in [0.05, 0.1) is 7.11 Å². The highest BCUT2D eigenvalue weighted by Crippen LogP contribution is 2.39. The minimum absolute atomic E-state index is 0.0380. The second kappa shape index (κ2) is 7.93. The lowest BCUT2D eigenvalue weighted by Gasteiger charge is -2.15. The minimum atomic E-state index is -0.794. The molecule has 1 aromatic heterocycles. The molecule has 0 amide bonds. The maximum atomic E-state index is 12.4. The normalized spacial score (nSPS) is 11.7. The van der Waals surface area contributed by atoms with Gasteiger partial charge in [0.2, 0.25) is 0 Å². The van der Waals surface area contributed by atoms with E-state index < -0.39 is 16.8 Å². The molecule has 1 unspecified atom stereocenters. The highest BCUT2D eigenvalue weighted by Gasteiger charge is 2.26. The smallest absolute Gasteiger partial charge is 0.353 e. The van der Waals surface area contributed by atoms with E-state index in [9.17, 15) is 14.7 Å². The lowest BCUT2D eigenvalue weighted by molar-refractivity contribution is -0.140. The number of benzene rings is 2. The molecule has 0 aliphatic heterocycles. The van der Waals surface area contributed by atoms with Gasteiger partial charge in [0, 0.05) is 11.6 Å². The Balaban J connectivity index is 1.98. The Labute approximate surface area is 154 Å². The van der Waals surface area contributed by atoms with E-state index in [1.165, 1.54) is 13.2 Å². The van der Waals surface area contributed by atoms with Crippen LogP contribution in [0.5, 0.6) is 5.75 Å². The third-order valence-corrected chi connectivity index (χ3v) is 5.01. The second-order valence-corrected chi connectivity index (χ2v) is 6.53. The van der Waals surface area contributed by atoms with Gasteiger partial charge in [0.15, 0.2) is 0 Å². The van der Waals surface area contributed by atoms with Crippen LogP contribution in [0.2, 0.25) is 0 Å². The van der Waals surface area contributed by atoms with Crippen LogP contribution in [-0.2, 0) is 9.53 Å². The molecule has 0 spiro atoms. The molecule has 3 rings (SSSR count). The number of rotatable bonds is 5. The highest BCUT2D eigenvalue weighted by atomic mass is 32.2. The molecular formula is C20H16O5S. The molecule has 26 heavy (non-hydrogen) atoms. The molecule has 0 bridgehead atoms. The van der Waals surface area contributed by atoms with Crippen LogP contribution in [0.1, 0.15) is 10.8 Å². The van der Waals surface area contributed by atoms with Crippen LogP contribution >= 0.6 is 11.8 Å². The summed E-state index contributed by atoms with van der Waals surface area (Å²) in [6.07, 6.45) is 0. The van der Waals surface area contributed by atoms with Gasteiger partial charge in [-0.2, -0.15) is 0 Å². The molecular weight excluding hydrogens is 352 g/mol. The number of thioether (sulfide) groups is 1. The summed E-state index contributed by atoms with van der Waals surface area (Å²) in [7, 11) is 1.28. The van der Waals surface area contributed by atoms with Crippen LogP contribution < -0.4 is 5.63 Å². The van der Waals surface area contributed by atoms with Gasteiger partial charge in [-0.25, -0.2) is 4.79 Å². The number of aromatic hydroxyl groups is 1. The Morgan fingerprint density at radius 2 is 1.69 bits per heavy atom. The number of hydrogen-bond acceptors (Lipinski definition) is 6. The number of carbonyl (C=O) groups is 1. The van der Waals surface area contributed by atoms with Crippen molar-refractivity contribution in [3.05, 3.63) is 82.7 Å². The van der Waals surface area contributed by atoms with Gasteiger partial charge < -0.3 is 14.3 Å². The van der Waals surface area contributed by atoms with E-state index in [0.29, 0.717) is 11.1 Å². The summed E-state index contributed by atoms with van der Waals surface area (Å²) in [6.45, 7) is 0. The first-order valence-corrected chi connectivity index (χ1v) is 8.70. The fourth-order valence-corrected chi connectivity index (χ4v) is 3.47. The first-order chi connectivity index (χ1) is 12.6. The molecule has 0 saturated carbocycles. The van der Waals surface area contributed by atoms with E-state index in [1.807, 2.05) is 12.1 Å². The van der Waals surface area contributed by atoms with Crippen molar-refractivity contribution in [1.82, 2.24) is 0 Å². The standard InChI is InChI=1S/C20H16O5S/c1-24-19(22)17(14-10-6-3-7-11-14)26-18-15(21)12-16(25-20(18)23)13-8-4-2-5-9-13/h2-12,17,21H,1H3. The van der Waals surface area contributed by atoms with Crippen LogP contribution in [0.15, 0.2) is 80.8 Å². The van der Waals surface area contributed by atoms with Gasteiger partial charge in [0.25, 0.3) is 0 Å². The quantitative estimate of drug-likeness (QED) is 0.541. The highest BCUT2D eigenvalue weighted by molar-refractivity contribution is 8.00. The third-order valence-electron chi connectivity index (χ3n) is 3.70. The fraction of sp³-hybridized carbons (Fsp3) is 0.100. The van der Waals surface area contributed by atoms with Crippen LogP contribution in [0.25, 0.3) is 11.3 Å². The van der Waals surface area contributed by atoms with Crippen molar-refractivity contribution in [2.24, 2.45) is 0 Å². The van der Waals surface area contributed by atoms with Gasteiger partial charge in [-0.1, -0.05) is 72.4 Å². The summed E-state index contributed by atoms with van der Waals surface area (Å²) in [5.41, 5.74) is 0.623. The lowest BCUT2D eigenvalue weighted by atomic mass is 10.1. The molecule has 132 valence electrons. The molecule has 0 aliphatic carbocycles.